The van der Waals surface area contributed by atoms with Crippen LogP contribution in [0, 0.1) is 6.92 Å². The van der Waals surface area contributed by atoms with Gasteiger partial charge in [0.25, 0.3) is 5.91 Å². The van der Waals surface area contributed by atoms with Crippen molar-refractivity contribution in [3.8, 4) is 11.5 Å². The normalized spacial score (nSPS) is 16.0. The lowest BCUT2D eigenvalue weighted by Crippen LogP contribution is -2.31. The summed E-state index contributed by atoms with van der Waals surface area (Å²) in [4.78, 5) is 42.2. The van der Waals surface area contributed by atoms with Crippen LogP contribution >= 0.6 is 11.3 Å². The predicted octanol–water partition coefficient (Wildman–Crippen LogP) is 2.31. The SMILES string of the molecule is COc1ccc(CN2C(=O)N[C@H](CCC(=O)Nc3nc(C)cs3)C2=O)cc1OC. The Bertz CT molecular complexity index is 929. The lowest BCUT2D eigenvalue weighted by molar-refractivity contribution is -0.128. The van der Waals surface area contributed by atoms with Crippen LogP contribution in [0.25, 0.3) is 0 Å². The molecule has 0 spiro atoms. The maximum Gasteiger partial charge on any atom is 0.325 e. The molecule has 0 radical (unpaired) electrons. The number of carbonyl (C=O) groups excluding carboxylic acids is 3. The fourth-order valence-corrected chi connectivity index (χ4v) is 3.66. The topological polar surface area (TPSA) is 110 Å². The molecule has 1 fully saturated rings. The van der Waals surface area contributed by atoms with Crippen LogP contribution in [0.2, 0.25) is 0 Å². The third kappa shape index (κ3) is 4.83. The molecule has 4 amide bonds. The molecule has 29 heavy (non-hydrogen) atoms. The minimum Gasteiger partial charge on any atom is -0.493 e. The number of urea groups is 1. The molecule has 2 aromatic rings. The maximum atomic E-state index is 12.6. The van der Waals surface area contributed by atoms with Gasteiger partial charge in [-0.2, -0.15) is 0 Å². The van der Waals surface area contributed by atoms with Gasteiger partial charge in [0.2, 0.25) is 5.91 Å². The van der Waals surface area contributed by atoms with Crippen LogP contribution in [0.5, 0.6) is 11.5 Å². The number of anilines is 1. The molecule has 0 unspecified atom stereocenters. The fraction of sp³-hybridized carbons (Fsp3) is 0.368. The van der Waals surface area contributed by atoms with Crippen molar-refractivity contribution in [1.82, 2.24) is 15.2 Å². The van der Waals surface area contributed by atoms with Gasteiger partial charge in [-0.15, -0.1) is 11.3 Å². The van der Waals surface area contributed by atoms with E-state index in [9.17, 15) is 14.4 Å². The van der Waals surface area contributed by atoms with E-state index in [1.807, 2.05) is 12.3 Å². The number of methoxy groups -OCH3 is 2. The van der Waals surface area contributed by atoms with Crippen LogP contribution in [0.1, 0.15) is 24.1 Å². The number of hydrogen-bond donors (Lipinski definition) is 2. The summed E-state index contributed by atoms with van der Waals surface area (Å²) < 4.78 is 10.4. The van der Waals surface area contributed by atoms with Gasteiger partial charge < -0.3 is 20.1 Å². The Morgan fingerprint density at radius 3 is 2.69 bits per heavy atom. The molecule has 9 nitrogen and oxygen atoms in total. The van der Waals surface area contributed by atoms with E-state index in [2.05, 4.69) is 15.6 Å². The van der Waals surface area contributed by atoms with Crippen LogP contribution < -0.4 is 20.1 Å². The first-order valence-corrected chi connectivity index (χ1v) is 9.84. The van der Waals surface area contributed by atoms with Crippen molar-refractivity contribution in [1.29, 1.82) is 0 Å². The summed E-state index contributed by atoms with van der Waals surface area (Å²) in [6.07, 6.45) is 0.308. The van der Waals surface area contributed by atoms with Crippen LogP contribution in [-0.2, 0) is 16.1 Å². The van der Waals surface area contributed by atoms with E-state index in [-0.39, 0.29) is 31.2 Å². The summed E-state index contributed by atoms with van der Waals surface area (Å²) in [6, 6.07) is 3.99. The van der Waals surface area contributed by atoms with E-state index >= 15 is 0 Å². The summed E-state index contributed by atoms with van der Waals surface area (Å²) in [6.45, 7) is 1.94. The molecular weight excluding hydrogens is 396 g/mol. The second kappa shape index (κ2) is 8.91. The summed E-state index contributed by atoms with van der Waals surface area (Å²) in [5.41, 5.74) is 1.55. The van der Waals surface area contributed by atoms with Gasteiger partial charge in [0, 0.05) is 11.8 Å². The minimum atomic E-state index is -0.730. The zero-order valence-electron chi connectivity index (χ0n) is 16.4. The number of thiazole rings is 1. The first-order valence-electron chi connectivity index (χ1n) is 8.96. The van der Waals surface area contributed by atoms with Crippen molar-refractivity contribution in [2.45, 2.75) is 32.4 Å². The number of hydrogen-bond acceptors (Lipinski definition) is 7. The summed E-state index contributed by atoms with van der Waals surface area (Å²) >= 11 is 1.34. The number of aromatic nitrogens is 1. The summed E-state index contributed by atoms with van der Waals surface area (Å²) in [5.74, 6) is 0.470. The molecule has 0 bridgehead atoms. The number of rotatable bonds is 8. The van der Waals surface area contributed by atoms with Gasteiger partial charge in [-0.1, -0.05) is 6.07 Å². The second-order valence-corrected chi connectivity index (χ2v) is 7.35. The Kier molecular flexibility index (Phi) is 6.32. The number of nitrogens with one attached hydrogen (secondary N) is 2. The molecule has 1 aromatic carbocycles. The minimum absolute atomic E-state index is 0.0967. The Labute approximate surface area is 172 Å². The molecular formula is C19H22N4O5S. The van der Waals surface area contributed by atoms with Crippen molar-refractivity contribution >= 4 is 34.3 Å². The van der Waals surface area contributed by atoms with E-state index in [0.717, 1.165) is 16.2 Å². The highest BCUT2D eigenvalue weighted by Gasteiger charge is 2.37. The predicted molar refractivity (Wildman–Crippen MR) is 107 cm³/mol. The number of nitrogens with zero attached hydrogens (tertiary/aromatic N) is 2. The molecule has 1 atom stereocenters. The van der Waals surface area contributed by atoms with E-state index in [4.69, 9.17) is 9.47 Å². The van der Waals surface area contributed by atoms with Crippen LogP contribution in [-0.4, -0.2) is 48.0 Å². The smallest absolute Gasteiger partial charge is 0.325 e. The fourth-order valence-electron chi connectivity index (χ4n) is 2.95. The molecule has 10 heteroatoms. The van der Waals surface area contributed by atoms with Crippen molar-refractivity contribution in [2.24, 2.45) is 0 Å². The largest absolute Gasteiger partial charge is 0.493 e. The molecule has 3 rings (SSSR count). The Hall–Kier alpha value is -3.14. The molecule has 1 aromatic heterocycles. The van der Waals surface area contributed by atoms with Crippen molar-refractivity contribution < 1.29 is 23.9 Å². The number of aryl methyl sites for hydroxylation is 1. The van der Waals surface area contributed by atoms with Crippen LogP contribution in [0.15, 0.2) is 23.6 Å². The average Bonchev–Trinajstić information content (AvgIpc) is 3.23. The molecule has 2 heterocycles. The van der Waals surface area contributed by atoms with Crippen molar-refractivity contribution in [3.63, 3.8) is 0 Å². The molecule has 2 N–H and O–H groups in total. The third-order valence-corrected chi connectivity index (χ3v) is 5.30. The monoisotopic (exact) mass is 418 g/mol. The van der Waals surface area contributed by atoms with Gasteiger partial charge in [0.15, 0.2) is 16.6 Å². The van der Waals surface area contributed by atoms with Gasteiger partial charge in [0.1, 0.15) is 6.04 Å². The van der Waals surface area contributed by atoms with E-state index < -0.39 is 12.1 Å². The van der Waals surface area contributed by atoms with Crippen LogP contribution in [0.4, 0.5) is 9.93 Å². The van der Waals surface area contributed by atoms with Crippen molar-refractivity contribution in [3.05, 3.63) is 34.8 Å². The standard InChI is InChI=1S/C19H22N4O5S/c1-11-10-29-18(20-11)22-16(24)7-5-13-17(25)23(19(26)21-13)9-12-4-6-14(27-2)15(8-12)28-3/h4,6,8,10,13H,5,7,9H2,1-3H3,(H,21,26)(H,20,22,24)/t13-/m1/s1. The third-order valence-electron chi connectivity index (χ3n) is 4.42. The van der Waals surface area contributed by atoms with E-state index in [0.29, 0.717) is 16.6 Å². The molecule has 0 aliphatic carbocycles. The number of carbonyl (C=O) groups is 3. The molecule has 1 aliphatic heterocycles. The lowest BCUT2D eigenvalue weighted by atomic mass is 10.1. The highest BCUT2D eigenvalue weighted by atomic mass is 32.1. The van der Waals surface area contributed by atoms with E-state index in [1.54, 1.807) is 18.2 Å². The summed E-state index contributed by atoms with van der Waals surface area (Å²) in [7, 11) is 3.05. The zero-order chi connectivity index (χ0) is 21.0. The lowest BCUT2D eigenvalue weighted by Gasteiger charge is -2.15. The number of ether oxygens (including phenoxy) is 2. The average molecular weight is 418 g/mol. The Morgan fingerprint density at radius 2 is 2.03 bits per heavy atom. The highest BCUT2D eigenvalue weighted by molar-refractivity contribution is 7.13. The van der Waals surface area contributed by atoms with Gasteiger partial charge in [-0.05, 0) is 31.0 Å². The number of benzene rings is 1. The summed E-state index contributed by atoms with van der Waals surface area (Å²) in [5, 5.41) is 7.68. The van der Waals surface area contributed by atoms with Gasteiger partial charge in [-0.25, -0.2) is 9.78 Å². The Balaban J connectivity index is 1.57. The Morgan fingerprint density at radius 1 is 1.28 bits per heavy atom. The first-order chi connectivity index (χ1) is 13.9. The molecule has 1 saturated heterocycles. The molecule has 154 valence electrons. The van der Waals surface area contributed by atoms with Gasteiger partial charge >= 0.3 is 6.03 Å². The quantitative estimate of drug-likeness (QED) is 0.637. The van der Waals surface area contributed by atoms with Gasteiger partial charge in [0.05, 0.1) is 26.5 Å². The number of imide groups is 1. The molecule has 1 aliphatic rings. The highest BCUT2D eigenvalue weighted by Crippen LogP contribution is 2.28. The van der Waals surface area contributed by atoms with E-state index in [1.165, 1.54) is 25.6 Å². The van der Waals surface area contributed by atoms with Crippen LogP contribution in [0.3, 0.4) is 0 Å². The van der Waals surface area contributed by atoms with Gasteiger partial charge in [-0.3, -0.25) is 14.5 Å². The zero-order valence-corrected chi connectivity index (χ0v) is 17.2. The molecule has 0 saturated carbocycles. The first kappa shape index (κ1) is 20.6. The van der Waals surface area contributed by atoms with Crippen molar-refractivity contribution in [2.75, 3.05) is 19.5 Å². The number of amides is 4. The second-order valence-electron chi connectivity index (χ2n) is 6.50. The maximum absolute atomic E-state index is 12.6.